The summed E-state index contributed by atoms with van der Waals surface area (Å²) in [7, 11) is 0. The number of amides is 3. The van der Waals surface area contributed by atoms with Gasteiger partial charge in [0.05, 0.1) is 17.8 Å². The van der Waals surface area contributed by atoms with Crippen LogP contribution < -0.4 is 15.5 Å². The Morgan fingerprint density at radius 1 is 1.14 bits per heavy atom. The second-order valence-corrected chi connectivity index (χ2v) is 6.50. The van der Waals surface area contributed by atoms with E-state index in [4.69, 9.17) is 6.42 Å². The maximum Gasteiger partial charge on any atom is 0.254 e. The van der Waals surface area contributed by atoms with Gasteiger partial charge in [0.2, 0.25) is 11.8 Å². The van der Waals surface area contributed by atoms with E-state index >= 15 is 0 Å². The van der Waals surface area contributed by atoms with Crippen LogP contribution in [0.25, 0.3) is 6.08 Å². The van der Waals surface area contributed by atoms with Crippen molar-refractivity contribution in [1.29, 1.82) is 0 Å². The van der Waals surface area contributed by atoms with E-state index in [1.807, 2.05) is 24.3 Å². The van der Waals surface area contributed by atoms with Gasteiger partial charge < -0.3 is 15.5 Å². The number of nitrogens with one attached hydrogen (secondary N) is 2. The molecule has 0 saturated carbocycles. The average molecular weight is 387 g/mol. The molecule has 3 rings (SSSR count). The summed E-state index contributed by atoms with van der Waals surface area (Å²) in [6.07, 6.45) is 9.69. The van der Waals surface area contributed by atoms with Crippen LogP contribution in [-0.2, 0) is 9.59 Å². The molecule has 0 bridgehead atoms. The highest BCUT2D eigenvalue weighted by molar-refractivity contribution is 6.07. The van der Waals surface area contributed by atoms with Crippen molar-refractivity contribution in [2.75, 3.05) is 23.3 Å². The Labute approximate surface area is 169 Å². The standard InChI is InChI=1S/C23H21N3O3/c1-2-15-24-23(29)19-6-3-4-7-20(19)25-21(27)14-11-17-9-12-18(13-10-17)26-16-5-8-22(26)28/h1,3-4,6-7,9-14H,5,8,15-16H2,(H,24,29)(H,25,27)/b14-11+. The second kappa shape index (κ2) is 9.38. The van der Waals surface area contributed by atoms with Crippen LogP contribution >= 0.6 is 0 Å². The van der Waals surface area contributed by atoms with Crippen molar-refractivity contribution in [3.63, 3.8) is 0 Å². The molecule has 0 radical (unpaired) electrons. The molecule has 2 aromatic carbocycles. The first-order valence-corrected chi connectivity index (χ1v) is 9.28. The van der Waals surface area contributed by atoms with Crippen molar-refractivity contribution < 1.29 is 14.4 Å². The summed E-state index contributed by atoms with van der Waals surface area (Å²) in [6, 6.07) is 14.1. The van der Waals surface area contributed by atoms with E-state index in [-0.39, 0.29) is 24.3 Å². The number of para-hydroxylation sites is 1. The Bertz CT molecular complexity index is 987. The highest BCUT2D eigenvalue weighted by Gasteiger charge is 2.21. The van der Waals surface area contributed by atoms with E-state index in [2.05, 4.69) is 16.6 Å². The number of benzene rings is 2. The van der Waals surface area contributed by atoms with E-state index in [0.29, 0.717) is 17.7 Å². The highest BCUT2D eigenvalue weighted by Crippen LogP contribution is 2.22. The number of nitrogens with zero attached hydrogens (tertiary/aromatic N) is 1. The molecule has 0 unspecified atom stereocenters. The van der Waals surface area contributed by atoms with Crippen LogP contribution in [0, 0.1) is 12.3 Å². The largest absolute Gasteiger partial charge is 0.341 e. The van der Waals surface area contributed by atoms with Gasteiger partial charge in [-0.1, -0.05) is 30.2 Å². The summed E-state index contributed by atoms with van der Waals surface area (Å²) in [5, 5.41) is 5.29. The smallest absolute Gasteiger partial charge is 0.254 e. The topological polar surface area (TPSA) is 78.5 Å². The summed E-state index contributed by atoms with van der Waals surface area (Å²) in [5.74, 6) is 1.76. The van der Waals surface area contributed by atoms with Gasteiger partial charge in [0.1, 0.15) is 0 Å². The van der Waals surface area contributed by atoms with Crippen molar-refractivity contribution >= 4 is 35.2 Å². The molecule has 1 aliphatic rings. The number of hydrogen-bond donors (Lipinski definition) is 2. The van der Waals surface area contributed by atoms with Crippen molar-refractivity contribution in [3.05, 3.63) is 65.7 Å². The average Bonchev–Trinajstić information content (AvgIpc) is 3.17. The van der Waals surface area contributed by atoms with Gasteiger partial charge in [0.15, 0.2) is 0 Å². The number of terminal acetylenes is 1. The number of rotatable bonds is 6. The lowest BCUT2D eigenvalue weighted by Gasteiger charge is -2.15. The van der Waals surface area contributed by atoms with Gasteiger partial charge in [-0.15, -0.1) is 6.42 Å². The molecule has 1 fully saturated rings. The molecule has 29 heavy (non-hydrogen) atoms. The number of hydrogen-bond acceptors (Lipinski definition) is 3. The van der Waals surface area contributed by atoms with Crippen LogP contribution in [0.4, 0.5) is 11.4 Å². The molecule has 146 valence electrons. The van der Waals surface area contributed by atoms with E-state index < -0.39 is 0 Å². The fraction of sp³-hybridized carbons (Fsp3) is 0.174. The Kier molecular flexibility index (Phi) is 6.43. The van der Waals surface area contributed by atoms with E-state index in [0.717, 1.165) is 24.2 Å². The Morgan fingerprint density at radius 3 is 2.59 bits per heavy atom. The van der Waals surface area contributed by atoms with Gasteiger partial charge in [-0.2, -0.15) is 0 Å². The van der Waals surface area contributed by atoms with Gasteiger partial charge >= 0.3 is 0 Å². The van der Waals surface area contributed by atoms with Crippen molar-refractivity contribution in [2.24, 2.45) is 0 Å². The molecule has 0 aliphatic carbocycles. The summed E-state index contributed by atoms with van der Waals surface area (Å²) in [4.78, 5) is 38.0. The van der Waals surface area contributed by atoms with Gasteiger partial charge in [-0.3, -0.25) is 14.4 Å². The van der Waals surface area contributed by atoms with E-state index in [1.54, 1.807) is 35.2 Å². The molecule has 0 atom stereocenters. The molecule has 6 heteroatoms. The first kappa shape index (κ1) is 19.9. The zero-order valence-corrected chi connectivity index (χ0v) is 15.9. The van der Waals surface area contributed by atoms with Crippen LogP contribution in [0.1, 0.15) is 28.8 Å². The SMILES string of the molecule is C#CCNC(=O)c1ccccc1NC(=O)/C=C/c1ccc(N2CCCC2=O)cc1. The van der Waals surface area contributed by atoms with Crippen molar-refractivity contribution in [3.8, 4) is 12.3 Å². The number of carbonyl (C=O) groups excluding carboxylic acids is 3. The van der Waals surface area contributed by atoms with Crippen LogP contribution in [-0.4, -0.2) is 30.8 Å². The minimum Gasteiger partial charge on any atom is -0.341 e. The van der Waals surface area contributed by atoms with E-state index in [9.17, 15) is 14.4 Å². The maximum atomic E-state index is 12.3. The molecule has 2 N–H and O–H groups in total. The number of anilines is 2. The summed E-state index contributed by atoms with van der Waals surface area (Å²) < 4.78 is 0. The molecule has 3 amide bonds. The molecule has 2 aromatic rings. The molecule has 0 spiro atoms. The summed E-state index contributed by atoms with van der Waals surface area (Å²) in [6.45, 7) is 0.852. The first-order chi connectivity index (χ1) is 14.1. The van der Waals surface area contributed by atoms with E-state index in [1.165, 1.54) is 6.08 Å². The van der Waals surface area contributed by atoms with Gasteiger partial charge in [-0.05, 0) is 42.3 Å². The zero-order valence-electron chi connectivity index (χ0n) is 15.9. The zero-order chi connectivity index (χ0) is 20.6. The molecular formula is C23H21N3O3. The second-order valence-electron chi connectivity index (χ2n) is 6.50. The normalized spacial score (nSPS) is 13.3. The summed E-state index contributed by atoms with van der Waals surface area (Å²) in [5.41, 5.74) is 2.43. The van der Waals surface area contributed by atoms with Crippen molar-refractivity contribution in [1.82, 2.24) is 5.32 Å². The molecule has 1 heterocycles. The lowest BCUT2D eigenvalue weighted by molar-refractivity contribution is -0.117. The third-order valence-corrected chi connectivity index (χ3v) is 4.49. The van der Waals surface area contributed by atoms with Crippen LogP contribution in [0.3, 0.4) is 0 Å². The lowest BCUT2D eigenvalue weighted by atomic mass is 10.1. The third kappa shape index (κ3) is 5.11. The van der Waals surface area contributed by atoms with Crippen LogP contribution in [0.2, 0.25) is 0 Å². The fourth-order valence-corrected chi connectivity index (χ4v) is 3.05. The van der Waals surface area contributed by atoms with Gasteiger partial charge in [-0.25, -0.2) is 0 Å². The Balaban J connectivity index is 1.64. The minimum absolute atomic E-state index is 0.111. The Hall–Kier alpha value is -3.85. The number of carbonyl (C=O) groups is 3. The predicted molar refractivity (Wildman–Crippen MR) is 113 cm³/mol. The lowest BCUT2D eigenvalue weighted by Crippen LogP contribution is -2.25. The molecule has 6 nitrogen and oxygen atoms in total. The maximum absolute atomic E-state index is 12.3. The first-order valence-electron chi connectivity index (χ1n) is 9.28. The quantitative estimate of drug-likeness (QED) is 0.591. The molecule has 0 aromatic heterocycles. The molecule has 1 saturated heterocycles. The monoisotopic (exact) mass is 387 g/mol. The molecular weight excluding hydrogens is 366 g/mol. The minimum atomic E-state index is -0.360. The van der Waals surface area contributed by atoms with Crippen molar-refractivity contribution in [2.45, 2.75) is 12.8 Å². The van der Waals surface area contributed by atoms with Crippen LogP contribution in [0.5, 0.6) is 0 Å². The van der Waals surface area contributed by atoms with Gasteiger partial charge in [0, 0.05) is 24.7 Å². The summed E-state index contributed by atoms with van der Waals surface area (Å²) >= 11 is 0. The highest BCUT2D eigenvalue weighted by atomic mass is 16.2. The fourth-order valence-electron chi connectivity index (χ4n) is 3.05. The third-order valence-electron chi connectivity index (χ3n) is 4.49. The molecule has 1 aliphatic heterocycles. The van der Waals surface area contributed by atoms with Gasteiger partial charge in [0.25, 0.3) is 5.91 Å². The Morgan fingerprint density at radius 2 is 1.90 bits per heavy atom. The van der Waals surface area contributed by atoms with Crippen LogP contribution in [0.15, 0.2) is 54.6 Å². The predicted octanol–water partition coefficient (Wildman–Crippen LogP) is 2.83.